The molecule has 0 saturated carbocycles. The largest absolute Gasteiger partial charge is 0.394 e. The van der Waals surface area contributed by atoms with E-state index in [1.165, 1.54) is 51.4 Å². The lowest BCUT2D eigenvalue weighted by Gasteiger charge is -2.15. The van der Waals surface area contributed by atoms with Gasteiger partial charge < -0.3 is 14.6 Å². The Labute approximate surface area is 286 Å². The summed E-state index contributed by atoms with van der Waals surface area (Å²) < 4.78 is 11.6. The van der Waals surface area contributed by atoms with Crippen LogP contribution in [0, 0.1) is 0 Å². The maximum absolute atomic E-state index is 9.59. The smallest absolute Gasteiger partial charge is 0.104 e. The van der Waals surface area contributed by atoms with Crippen molar-refractivity contribution in [2.24, 2.45) is 0 Å². The van der Waals surface area contributed by atoms with E-state index in [1.54, 1.807) is 0 Å². The highest BCUT2D eigenvalue weighted by Crippen LogP contribution is 2.05. The highest BCUT2D eigenvalue weighted by Gasteiger charge is 2.07. The van der Waals surface area contributed by atoms with Crippen LogP contribution in [0.15, 0.2) is 97.2 Å². The summed E-state index contributed by atoms with van der Waals surface area (Å²) in [5.74, 6) is 0. The summed E-state index contributed by atoms with van der Waals surface area (Å²) in [6, 6.07) is 0. The molecule has 0 aliphatic carbocycles. The third-order valence-electron chi connectivity index (χ3n) is 7.45. The SMILES string of the molecule is CCCCCC=CCC=CCC=CCC=CCCCCOCC(CO)OCCCCC=CCC=CCC=CCC=CCCCCC. The fourth-order valence-electron chi connectivity index (χ4n) is 4.57. The number of allylic oxidation sites excluding steroid dienone is 16. The number of aliphatic hydroxyl groups excluding tert-OH is 1. The third-order valence-corrected chi connectivity index (χ3v) is 7.45. The van der Waals surface area contributed by atoms with Crippen molar-refractivity contribution in [3.63, 3.8) is 0 Å². The lowest BCUT2D eigenvalue weighted by Crippen LogP contribution is -2.24. The van der Waals surface area contributed by atoms with Gasteiger partial charge in [0, 0.05) is 13.2 Å². The molecule has 1 unspecified atom stereocenters. The first-order valence-corrected chi connectivity index (χ1v) is 18.8. The topological polar surface area (TPSA) is 38.7 Å². The molecule has 0 aliphatic rings. The van der Waals surface area contributed by atoms with E-state index >= 15 is 0 Å². The number of hydrogen-bond acceptors (Lipinski definition) is 3. The Hall–Kier alpha value is -2.20. The molecule has 0 aromatic heterocycles. The van der Waals surface area contributed by atoms with Crippen molar-refractivity contribution in [3.05, 3.63) is 97.2 Å². The van der Waals surface area contributed by atoms with E-state index in [4.69, 9.17) is 9.47 Å². The fourth-order valence-corrected chi connectivity index (χ4v) is 4.57. The summed E-state index contributed by atoms with van der Waals surface area (Å²) in [6.45, 7) is 6.38. The molecule has 0 aliphatic heterocycles. The zero-order chi connectivity index (χ0) is 33.3. The maximum atomic E-state index is 9.59. The maximum Gasteiger partial charge on any atom is 0.104 e. The fraction of sp³-hybridized carbons (Fsp3) is 0.628. The van der Waals surface area contributed by atoms with E-state index in [0.717, 1.165) is 83.7 Å². The average Bonchev–Trinajstić information content (AvgIpc) is 3.07. The molecule has 0 fully saturated rings. The van der Waals surface area contributed by atoms with Crippen molar-refractivity contribution in [2.75, 3.05) is 26.4 Å². The van der Waals surface area contributed by atoms with Gasteiger partial charge in [-0.1, -0.05) is 137 Å². The molecule has 0 aromatic carbocycles. The Bertz CT molecular complexity index is 827. The predicted octanol–water partition coefficient (Wildman–Crippen LogP) is 12.7. The second-order valence-electron chi connectivity index (χ2n) is 11.9. The van der Waals surface area contributed by atoms with Crippen LogP contribution in [0.3, 0.4) is 0 Å². The Morgan fingerprint density at radius 1 is 0.413 bits per heavy atom. The molecule has 0 amide bonds. The standard InChI is InChI=1S/C43H72O3/c1-3-5-7-9-11-13-15-17-19-21-23-25-27-29-31-33-35-37-39-45-42-43(41-44)46-40-38-36-34-32-30-28-26-24-22-20-18-16-14-12-10-8-6-4-2/h11-14,17-20,23-26,29-32,43-44H,3-10,15-16,21-22,27-28,33-42H2,1-2H3. The molecule has 0 radical (unpaired) electrons. The van der Waals surface area contributed by atoms with Crippen molar-refractivity contribution >= 4 is 0 Å². The molecule has 0 rings (SSSR count). The molecule has 3 nitrogen and oxygen atoms in total. The van der Waals surface area contributed by atoms with E-state index in [9.17, 15) is 5.11 Å². The van der Waals surface area contributed by atoms with Crippen LogP contribution in [0.1, 0.15) is 142 Å². The van der Waals surface area contributed by atoms with Crippen LogP contribution in [0.25, 0.3) is 0 Å². The molecule has 3 heteroatoms. The van der Waals surface area contributed by atoms with Crippen LogP contribution in [-0.4, -0.2) is 37.6 Å². The second kappa shape index (κ2) is 40.8. The summed E-state index contributed by atoms with van der Waals surface area (Å²) in [5.41, 5.74) is 0. The van der Waals surface area contributed by atoms with Gasteiger partial charge in [0.1, 0.15) is 6.10 Å². The second-order valence-corrected chi connectivity index (χ2v) is 11.9. The van der Waals surface area contributed by atoms with Gasteiger partial charge in [0.25, 0.3) is 0 Å². The Morgan fingerprint density at radius 2 is 0.739 bits per heavy atom. The zero-order valence-corrected chi connectivity index (χ0v) is 30.0. The zero-order valence-electron chi connectivity index (χ0n) is 30.0. The Kier molecular flexibility index (Phi) is 38.9. The molecule has 1 atom stereocenters. The lowest BCUT2D eigenvalue weighted by molar-refractivity contribution is -0.0435. The summed E-state index contributed by atoms with van der Waals surface area (Å²) in [6.07, 6.45) is 58.8. The summed E-state index contributed by atoms with van der Waals surface area (Å²) >= 11 is 0. The van der Waals surface area contributed by atoms with Gasteiger partial charge in [-0.15, -0.1) is 0 Å². The van der Waals surface area contributed by atoms with Gasteiger partial charge in [-0.2, -0.15) is 0 Å². The van der Waals surface area contributed by atoms with Gasteiger partial charge in [0.15, 0.2) is 0 Å². The van der Waals surface area contributed by atoms with Crippen molar-refractivity contribution in [1.29, 1.82) is 0 Å². The first-order valence-electron chi connectivity index (χ1n) is 18.8. The molecule has 1 N–H and O–H groups in total. The van der Waals surface area contributed by atoms with E-state index in [0.29, 0.717) is 13.2 Å². The molecule has 0 spiro atoms. The van der Waals surface area contributed by atoms with Crippen molar-refractivity contribution < 1.29 is 14.6 Å². The van der Waals surface area contributed by atoms with Crippen LogP contribution in [-0.2, 0) is 9.47 Å². The van der Waals surface area contributed by atoms with Crippen LogP contribution in [0.2, 0.25) is 0 Å². The van der Waals surface area contributed by atoms with Crippen LogP contribution >= 0.6 is 0 Å². The van der Waals surface area contributed by atoms with E-state index in [1.807, 2.05) is 0 Å². The van der Waals surface area contributed by atoms with Crippen LogP contribution < -0.4 is 0 Å². The summed E-state index contributed by atoms with van der Waals surface area (Å²) in [4.78, 5) is 0. The molecular weight excluding hydrogens is 564 g/mol. The minimum atomic E-state index is -0.218. The molecule has 46 heavy (non-hydrogen) atoms. The summed E-state index contributed by atoms with van der Waals surface area (Å²) in [7, 11) is 0. The number of unbranched alkanes of at least 4 members (excludes halogenated alkanes) is 10. The minimum absolute atomic E-state index is 0.0133. The first kappa shape index (κ1) is 43.8. The molecule has 262 valence electrons. The molecular formula is C43H72O3. The Morgan fingerprint density at radius 3 is 1.09 bits per heavy atom. The third kappa shape index (κ3) is 38.0. The molecule has 0 saturated heterocycles. The van der Waals surface area contributed by atoms with Crippen LogP contribution in [0.5, 0.6) is 0 Å². The van der Waals surface area contributed by atoms with Crippen molar-refractivity contribution in [2.45, 2.75) is 148 Å². The van der Waals surface area contributed by atoms with Gasteiger partial charge in [0.2, 0.25) is 0 Å². The van der Waals surface area contributed by atoms with E-state index in [2.05, 4.69) is 111 Å². The first-order chi connectivity index (χ1) is 22.8. The molecule has 0 bridgehead atoms. The summed E-state index contributed by atoms with van der Waals surface area (Å²) in [5, 5.41) is 9.59. The number of hydrogen-bond donors (Lipinski definition) is 1. The Balaban J connectivity index is 3.56. The quantitative estimate of drug-likeness (QED) is 0.0564. The van der Waals surface area contributed by atoms with Crippen LogP contribution in [0.4, 0.5) is 0 Å². The lowest BCUT2D eigenvalue weighted by atomic mass is 10.2. The van der Waals surface area contributed by atoms with Gasteiger partial charge in [-0.05, 0) is 103 Å². The number of rotatable bonds is 34. The highest BCUT2D eigenvalue weighted by molar-refractivity contribution is 5.00. The molecule has 0 aromatic rings. The van der Waals surface area contributed by atoms with Crippen molar-refractivity contribution in [3.8, 4) is 0 Å². The van der Waals surface area contributed by atoms with Crippen molar-refractivity contribution in [1.82, 2.24) is 0 Å². The van der Waals surface area contributed by atoms with Gasteiger partial charge in [0.05, 0.1) is 13.2 Å². The average molecular weight is 637 g/mol. The van der Waals surface area contributed by atoms with Gasteiger partial charge >= 0.3 is 0 Å². The minimum Gasteiger partial charge on any atom is -0.394 e. The normalized spacial score (nSPS) is 13.7. The number of aliphatic hydroxyl groups is 1. The van der Waals surface area contributed by atoms with Gasteiger partial charge in [-0.25, -0.2) is 0 Å². The monoisotopic (exact) mass is 637 g/mol. The predicted molar refractivity (Wildman–Crippen MR) is 204 cm³/mol. The van der Waals surface area contributed by atoms with Gasteiger partial charge in [-0.3, -0.25) is 0 Å². The van der Waals surface area contributed by atoms with E-state index < -0.39 is 0 Å². The molecule has 0 heterocycles. The van der Waals surface area contributed by atoms with E-state index in [-0.39, 0.29) is 12.7 Å². The highest BCUT2D eigenvalue weighted by atomic mass is 16.5. The number of ether oxygens (including phenoxy) is 2.